The van der Waals surface area contributed by atoms with Gasteiger partial charge in [0.25, 0.3) is 0 Å². The molecule has 1 fully saturated rings. The average molecular weight is 340 g/mol. The second-order valence-electron chi connectivity index (χ2n) is 6.44. The molecule has 1 N–H and O–H groups in total. The normalized spacial score (nSPS) is 16.4. The van der Waals surface area contributed by atoms with E-state index in [2.05, 4.69) is 53.5 Å². The molecule has 0 radical (unpaired) electrons. The Kier molecular flexibility index (Phi) is 5.95. The van der Waals surface area contributed by atoms with Crippen LogP contribution in [0.1, 0.15) is 29.7 Å². The minimum absolute atomic E-state index is 0.229. The quantitative estimate of drug-likeness (QED) is 0.874. The molecule has 0 spiro atoms. The third kappa shape index (κ3) is 4.14. The van der Waals surface area contributed by atoms with E-state index in [9.17, 15) is 0 Å². The van der Waals surface area contributed by atoms with Gasteiger partial charge in [-0.3, -0.25) is 4.90 Å². The van der Waals surface area contributed by atoms with Crippen molar-refractivity contribution in [2.75, 3.05) is 39.9 Å². The molecule has 1 saturated heterocycles. The van der Waals surface area contributed by atoms with E-state index in [1.54, 1.807) is 7.11 Å². The summed E-state index contributed by atoms with van der Waals surface area (Å²) in [6, 6.07) is 15.4. The largest absolute Gasteiger partial charge is 0.493 e. The van der Waals surface area contributed by atoms with E-state index in [0.717, 1.165) is 37.7 Å². The zero-order valence-electron chi connectivity index (χ0n) is 15.4. The standard InChI is InChI=1S/C21H28N2O2/c1-4-25-20-15-18(9-10-19(20)24-3)21(23-13-11-22-12-14-23)17-7-5-16(2)6-8-17/h5-10,15,21-22H,4,11-14H2,1-3H3. The molecular formula is C21H28N2O2. The summed E-state index contributed by atoms with van der Waals surface area (Å²) in [7, 11) is 1.69. The third-order valence-corrected chi connectivity index (χ3v) is 4.71. The first-order valence-electron chi connectivity index (χ1n) is 9.05. The second-order valence-corrected chi connectivity index (χ2v) is 6.44. The van der Waals surface area contributed by atoms with Crippen molar-refractivity contribution in [3.63, 3.8) is 0 Å². The van der Waals surface area contributed by atoms with Gasteiger partial charge in [0.15, 0.2) is 11.5 Å². The molecule has 1 unspecified atom stereocenters. The van der Waals surface area contributed by atoms with Gasteiger partial charge in [-0.1, -0.05) is 35.9 Å². The molecule has 2 aromatic carbocycles. The second kappa shape index (κ2) is 8.37. The van der Waals surface area contributed by atoms with Crippen LogP contribution < -0.4 is 14.8 Å². The van der Waals surface area contributed by atoms with Gasteiger partial charge in [-0.2, -0.15) is 0 Å². The Hall–Kier alpha value is -2.04. The number of rotatable bonds is 6. The summed E-state index contributed by atoms with van der Waals surface area (Å²) in [4.78, 5) is 2.54. The van der Waals surface area contributed by atoms with Crippen molar-refractivity contribution in [1.29, 1.82) is 0 Å². The van der Waals surface area contributed by atoms with Crippen LogP contribution in [0.15, 0.2) is 42.5 Å². The molecule has 0 aromatic heterocycles. The van der Waals surface area contributed by atoms with Gasteiger partial charge in [-0.15, -0.1) is 0 Å². The van der Waals surface area contributed by atoms with Crippen LogP contribution in [-0.4, -0.2) is 44.8 Å². The molecule has 0 aliphatic carbocycles. The van der Waals surface area contributed by atoms with E-state index in [1.807, 2.05) is 13.0 Å². The first-order chi connectivity index (χ1) is 12.2. The number of nitrogens with one attached hydrogen (secondary N) is 1. The molecule has 2 aromatic rings. The molecule has 25 heavy (non-hydrogen) atoms. The summed E-state index contributed by atoms with van der Waals surface area (Å²) in [5.41, 5.74) is 3.85. The van der Waals surface area contributed by atoms with Crippen LogP contribution in [0.5, 0.6) is 11.5 Å². The fraction of sp³-hybridized carbons (Fsp3) is 0.429. The fourth-order valence-corrected chi connectivity index (χ4v) is 3.43. The molecule has 1 heterocycles. The highest BCUT2D eigenvalue weighted by Crippen LogP contribution is 2.35. The van der Waals surface area contributed by atoms with E-state index in [4.69, 9.17) is 9.47 Å². The Morgan fingerprint density at radius 2 is 1.68 bits per heavy atom. The number of hydrogen-bond acceptors (Lipinski definition) is 4. The lowest BCUT2D eigenvalue weighted by Gasteiger charge is -2.36. The lowest BCUT2D eigenvalue weighted by Crippen LogP contribution is -2.45. The van der Waals surface area contributed by atoms with Crippen LogP contribution >= 0.6 is 0 Å². The molecule has 1 atom stereocenters. The smallest absolute Gasteiger partial charge is 0.161 e. The molecule has 0 bridgehead atoms. The SMILES string of the molecule is CCOc1cc(C(c2ccc(C)cc2)N2CCNCC2)ccc1OC. The summed E-state index contributed by atoms with van der Waals surface area (Å²) in [6.07, 6.45) is 0. The number of hydrogen-bond donors (Lipinski definition) is 1. The van der Waals surface area contributed by atoms with Gasteiger partial charge in [0, 0.05) is 26.2 Å². The Balaban J connectivity index is 2.01. The molecule has 0 saturated carbocycles. The van der Waals surface area contributed by atoms with Crippen LogP contribution in [-0.2, 0) is 0 Å². The molecular weight excluding hydrogens is 312 g/mol. The monoisotopic (exact) mass is 340 g/mol. The van der Waals surface area contributed by atoms with Crippen molar-refractivity contribution in [2.45, 2.75) is 19.9 Å². The third-order valence-electron chi connectivity index (χ3n) is 4.71. The van der Waals surface area contributed by atoms with Crippen LogP contribution in [0, 0.1) is 6.92 Å². The zero-order chi connectivity index (χ0) is 17.6. The minimum atomic E-state index is 0.229. The molecule has 1 aliphatic rings. The van der Waals surface area contributed by atoms with E-state index < -0.39 is 0 Å². The number of benzene rings is 2. The van der Waals surface area contributed by atoms with Gasteiger partial charge in [-0.25, -0.2) is 0 Å². The molecule has 4 heteroatoms. The molecule has 4 nitrogen and oxygen atoms in total. The first-order valence-corrected chi connectivity index (χ1v) is 9.05. The highest BCUT2D eigenvalue weighted by Gasteiger charge is 2.25. The number of methoxy groups -OCH3 is 1. The van der Waals surface area contributed by atoms with Crippen LogP contribution in [0.2, 0.25) is 0 Å². The molecule has 3 rings (SSSR count). The molecule has 0 amide bonds. The summed E-state index contributed by atoms with van der Waals surface area (Å²) < 4.78 is 11.3. The van der Waals surface area contributed by atoms with Gasteiger partial charge >= 0.3 is 0 Å². The highest BCUT2D eigenvalue weighted by molar-refractivity contribution is 5.46. The van der Waals surface area contributed by atoms with Crippen LogP contribution in [0.3, 0.4) is 0 Å². The maximum absolute atomic E-state index is 5.81. The summed E-state index contributed by atoms with van der Waals surface area (Å²) in [6.45, 7) is 8.88. The topological polar surface area (TPSA) is 33.7 Å². The maximum atomic E-state index is 5.81. The van der Waals surface area contributed by atoms with Crippen molar-refractivity contribution in [1.82, 2.24) is 10.2 Å². The van der Waals surface area contributed by atoms with E-state index in [0.29, 0.717) is 6.61 Å². The first kappa shape index (κ1) is 17.8. The number of aryl methyl sites for hydroxylation is 1. The van der Waals surface area contributed by atoms with Crippen molar-refractivity contribution < 1.29 is 9.47 Å². The van der Waals surface area contributed by atoms with Gasteiger partial charge in [0.1, 0.15) is 0 Å². The van der Waals surface area contributed by atoms with E-state index in [-0.39, 0.29) is 6.04 Å². The average Bonchev–Trinajstić information content (AvgIpc) is 2.65. The Morgan fingerprint density at radius 3 is 2.32 bits per heavy atom. The fourth-order valence-electron chi connectivity index (χ4n) is 3.43. The van der Waals surface area contributed by atoms with Gasteiger partial charge in [0.2, 0.25) is 0 Å². The Bertz CT molecular complexity index is 679. The van der Waals surface area contributed by atoms with Gasteiger partial charge in [-0.05, 0) is 37.1 Å². The predicted molar refractivity (Wildman–Crippen MR) is 102 cm³/mol. The van der Waals surface area contributed by atoms with Crippen LogP contribution in [0.4, 0.5) is 0 Å². The minimum Gasteiger partial charge on any atom is -0.493 e. The lowest BCUT2D eigenvalue weighted by atomic mass is 9.95. The molecule has 134 valence electrons. The predicted octanol–water partition coefficient (Wildman–Crippen LogP) is 3.40. The van der Waals surface area contributed by atoms with Crippen LogP contribution in [0.25, 0.3) is 0 Å². The summed E-state index contributed by atoms with van der Waals surface area (Å²) in [5.74, 6) is 1.60. The zero-order valence-corrected chi connectivity index (χ0v) is 15.4. The number of ether oxygens (including phenoxy) is 2. The van der Waals surface area contributed by atoms with E-state index >= 15 is 0 Å². The Morgan fingerprint density at radius 1 is 1.00 bits per heavy atom. The van der Waals surface area contributed by atoms with Gasteiger partial charge in [0.05, 0.1) is 19.8 Å². The highest BCUT2D eigenvalue weighted by atomic mass is 16.5. The van der Waals surface area contributed by atoms with Crippen molar-refractivity contribution in [3.05, 3.63) is 59.2 Å². The van der Waals surface area contributed by atoms with Crippen molar-refractivity contribution >= 4 is 0 Å². The summed E-state index contributed by atoms with van der Waals surface area (Å²) in [5, 5.41) is 3.45. The maximum Gasteiger partial charge on any atom is 0.161 e. The molecule has 1 aliphatic heterocycles. The lowest BCUT2D eigenvalue weighted by molar-refractivity contribution is 0.198. The van der Waals surface area contributed by atoms with Crippen molar-refractivity contribution in [3.8, 4) is 11.5 Å². The number of piperazine rings is 1. The number of nitrogens with zero attached hydrogens (tertiary/aromatic N) is 1. The van der Waals surface area contributed by atoms with E-state index in [1.165, 1.54) is 16.7 Å². The van der Waals surface area contributed by atoms with Crippen molar-refractivity contribution in [2.24, 2.45) is 0 Å². The van der Waals surface area contributed by atoms with Gasteiger partial charge < -0.3 is 14.8 Å². The Labute approximate surface area is 150 Å². The summed E-state index contributed by atoms with van der Waals surface area (Å²) >= 11 is 0.